The molecule has 7 heteroatoms. The Bertz CT molecular complexity index is 1000. The monoisotopic (exact) mass is 367 g/mol. The molecule has 1 amide bonds. The van der Waals surface area contributed by atoms with Crippen LogP contribution in [0.3, 0.4) is 0 Å². The summed E-state index contributed by atoms with van der Waals surface area (Å²) in [5.41, 5.74) is 1.75. The second-order valence-corrected chi connectivity index (χ2v) is 7.35. The van der Waals surface area contributed by atoms with Crippen LogP contribution in [-0.4, -0.2) is 19.3 Å². The molecule has 3 rings (SSSR count). The molecule has 0 saturated carbocycles. The number of aromatic nitrogens is 1. The number of anilines is 2. The van der Waals surface area contributed by atoms with Crippen molar-refractivity contribution in [3.63, 3.8) is 0 Å². The number of rotatable bonds is 5. The SMILES string of the molecule is Cc1ccc(S(=O)(=O)Nc2ccc(C(=O)Nc3ccccn3)cc2)cc1. The number of amides is 1. The lowest BCUT2D eigenvalue weighted by atomic mass is 10.2. The van der Waals surface area contributed by atoms with Gasteiger partial charge in [-0.05, 0) is 55.5 Å². The Morgan fingerprint density at radius 1 is 0.923 bits per heavy atom. The summed E-state index contributed by atoms with van der Waals surface area (Å²) in [4.78, 5) is 16.4. The lowest BCUT2D eigenvalue weighted by molar-refractivity contribution is 0.102. The maximum Gasteiger partial charge on any atom is 0.261 e. The highest BCUT2D eigenvalue weighted by atomic mass is 32.2. The third-order valence-electron chi connectivity index (χ3n) is 3.64. The van der Waals surface area contributed by atoms with Crippen molar-refractivity contribution in [2.45, 2.75) is 11.8 Å². The molecule has 3 aromatic rings. The maximum absolute atomic E-state index is 12.4. The van der Waals surface area contributed by atoms with Crippen LogP contribution < -0.4 is 10.0 Å². The Morgan fingerprint density at radius 2 is 1.62 bits per heavy atom. The fourth-order valence-electron chi connectivity index (χ4n) is 2.25. The minimum Gasteiger partial charge on any atom is -0.307 e. The van der Waals surface area contributed by atoms with Crippen LogP contribution in [0.4, 0.5) is 11.5 Å². The molecule has 26 heavy (non-hydrogen) atoms. The summed E-state index contributed by atoms with van der Waals surface area (Å²) in [6.45, 7) is 1.89. The van der Waals surface area contributed by atoms with Gasteiger partial charge in [-0.2, -0.15) is 0 Å². The van der Waals surface area contributed by atoms with E-state index in [9.17, 15) is 13.2 Å². The van der Waals surface area contributed by atoms with Crippen LogP contribution in [-0.2, 0) is 10.0 Å². The predicted octanol–water partition coefficient (Wildman–Crippen LogP) is 3.44. The van der Waals surface area contributed by atoms with Crippen molar-refractivity contribution < 1.29 is 13.2 Å². The minimum absolute atomic E-state index is 0.181. The average molecular weight is 367 g/mol. The summed E-state index contributed by atoms with van der Waals surface area (Å²) < 4.78 is 27.2. The Labute approximate surface area is 152 Å². The second-order valence-electron chi connectivity index (χ2n) is 5.67. The first-order valence-electron chi connectivity index (χ1n) is 7.86. The number of pyridine rings is 1. The van der Waals surface area contributed by atoms with Crippen molar-refractivity contribution in [2.75, 3.05) is 10.0 Å². The normalized spacial score (nSPS) is 11.0. The molecular formula is C19H17N3O3S. The number of benzene rings is 2. The number of carbonyl (C=O) groups excluding carboxylic acids is 1. The zero-order chi connectivity index (χ0) is 18.6. The van der Waals surface area contributed by atoms with Gasteiger partial charge in [0.1, 0.15) is 5.82 Å². The fourth-order valence-corrected chi connectivity index (χ4v) is 3.30. The Morgan fingerprint density at radius 3 is 2.23 bits per heavy atom. The minimum atomic E-state index is -3.67. The highest BCUT2D eigenvalue weighted by Gasteiger charge is 2.14. The van der Waals surface area contributed by atoms with Crippen molar-refractivity contribution in [3.8, 4) is 0 Å². The first-order chi connectivity index (χ1) is 12.4. The van der Waals surface area contributed by atoms with Gasteiger partial charge in [-0.1, -0.05) is 23.8 Å². The molecule has 0 unspecified atom stereocenters. The van der Waals surface area contributed by atoms with Crippen LogP contribution in [0, 0.1) is 6.92 Å². The summed E-state index contributed by atoms with van der Waals surface area (Å²) >= 11 is 0. The second kappa shape index (κ2) is 7.37. The lowest BCUT2D eigenvalue weighted by Gasteiger charge is -2.09. The van der Waals surface area contributed by atoms with Crippen LogP contribution >= 0.6 is 0 Å². The van der Waals surface area contributed by atoms with Crippen molar-refractivity contribution in [2.24, 2.45) is 0 Å². The molecule has 1 aromatic heterocycles. The molecule has 132 valence electrons. The molecule has 2 aromatic carbocycles. The van der Waals surface area contributed by atoms with Gasteiger partial charge < -0.3 is 5.32 Å². The van der Waals surface area contributed by atoms with E-state index in [0.29, 0.717) is 17.1 Å². The Hall–Kier alpha value is -3.19. The molecule has 0 spiro atoms. The molecule has 6 nitrogen and oxygen atoms in total. The van der Waals surface area contributed by atoms with Gasteiger partial charge in [0.25, 0.3) is 15.9 Å². The first-order valence-corrected chi connectivity index (χ1v) is 9.34. The molecule has 0 atom stereocenters. The molecular weight excluding hydrogens is 350 g/mol. The topological polar surface area (TPSA) is 88.2 Å². The Kier molecular flexibility index (Phi) is 4.99. The summed E-state index contributed by atoms with van der Waals surface area (Å²) in [5, 5.41) is 2.67. The third-order valence-corrected chi connectivity index (χ3v) is 5.03. The van der Waals surface area contributed by atoms with E-state index >= 15 is 0 Å². The molecule has 0 aliphatic rings. The zero-order valence-electron chi connectivity index (χ0n) is 14.0. The average Bonchev–Trinajstić information content (AvgIpc) is 2.63. The van der Waals surface area contributed by atoms with E-state index in [1.54, 1.807) is 72.9 Å². The van der Waals surface area contributed by atoms with Gasteiger partial charge in [0.15, 0.2) is 0 Å². The molecule has 0 saturated heterocycles. The number of hydrogen-bond acceptors (Lipinski definition) is 4. The van der Waals surface area contributed by atoms with Crippen molar-refractivity contribution in [1.29, 1.82) is 0 Å². The number of aryl methyl sites for hydroxylation is 1. The number of sulfonamides is 1. The van der Waals surface area contributed by atoms with Crippen LogP contribution in [0.5, 0.6) is 0 Å². The van der Waals surface area contributed by atoms with E-state index in [-0.39, 0.29) is 10.8 Å². The third kappa shape index (κ3) is 4.25. The van der Waals surface area contributed by atoms with Crippen LogP contribution in [0.1, 0.15) is 15.9 Å². The molecule has 0 bridgehead atoms. The highest BCUT2D eigenvalue weighted by Crippen LogP contribution is 2.17. The van der Waals surface area contributed by atoms with Crippen LogP contribution in [0.25, 0.3) is 0 Å². The van der Waals surface area contributed by atoms with Gasteiger partial charge in [0.05, 0.1) is 4.90 Å². The molecule has 1 heterocycles. The van der Waals surface area contributed by atoms with Gasteiger partial charge in [-0.25, -0.2) is 13.4 Å². The van der Waals surface area contributed by atoms with E-state index in [4.69, 9.17) is 0 Å². The summed E-state index contributed by atoms with van der Waals surface area (Å²) in [6, 6.07) is 17.9. The fraction of sp³-hybridized carbons (Fsp3) is 0.0526. The number of hydrogen-bond donors (Lipinski definition) is 2. The van der Waals surface area contributed by atoms with Gasteiger partial charge in [0.2, 0.25) is 0 Å². The molecule has 0 radical (unpaired) electrons. The lowest BCUT2D eigenvalue weighted by Crippen LogP contribution is -2.14. The molecule has 0 aliphatic heterocycles. The van der Waals surface area contributed by atoms with Crippen molar-refractivity contribution in [1.82, 2.24) is 4.98 Å². The number of nitrogens with zero attached hydrogens (tertiary/aromatic N) is 1. The Balaban J connectivity index is 1.71. The highest BCUT2D eigenvalue weighted by molar-refractivity contribution is 7.92. The predicted molar refractivity (Wildman–Crippen MR) is 101 cm³/mol. The van der Waals surface area contributed by atoms with Crippen LogP contribution in [0.2, 0.25) is 0 Å². The van der Waals surface area contributed by atoms with Gasteiger partial charge in [-0.3, -0.25) is 9.52 Å². The van der Waals surface area contributed by atoms with Crippen molar-refractivity contribution in [3.05, 3.63) is 84.1 Å². The standard InChI is InChI=1S/C19H17N3O3S/c1-14-5-11-17(12-6-14)26(24,25)22-16-9-7-15(8-10-16)19(23)21-18-4-2-3-13-20-18/h2-13,22H,1H3,(H,20,21,23). The maximum atomic E-state index is 12.4. The van der Waals surface area contributed by atoms with Crippen LogP contribution in [0.15, 0.2) is 77.8 Å². The largest absolute Gasteiger partial charge is 0.307 e. The van der Waals surface area contributed by atoms with E-state index < -0.39 is 10.0 Å². The summed E-state index contributed by atoms with van der Waals surface area (Å²) in [6.07, 6.45) is 1.58. The van der Waals surface area contributed by atoms with E-state index in [1.165, 1.54) is 0 Å². The molecule has 2 N–H and O–H groups in total. The van der Waals surface area contributed by atoms with E-state index in [0.717, 1.165) is 5.56 Å². The number of carbonyl (C=O) groups is 1. The number of nitrogens with one attached hydrogen (secondary N) is 2. The molecule has 0 aliphatic carbocycles. The first kappa shape index (κ1) is 17.6. The zero-order valence-corrected chi connectivity index (χ0v) is 14.8. The molecule has 0 fully saturated rings. The van der Waals surface area contributed by atoms with E-state index in [2.05, 4.69) is 15.0 Å². The van der Waals surface area contributed by atoms with Crippen molar-refractivity contribution >= 4 is 27.4 Å². The van der Waals surface area contributed by atoms with Gasteiger partial charge in [0, 0.05) is 17.4 Å². The van der Waals surface area contributed by atoms with E-state index in [1.807, 2.05) is 6.92 Å². The van der Waals surface area contributed by atoms with Gasteiger partial charge in [-0.15, -0.1) is 0 Å². The summed E-state index contributed by atoms with van der Waals surface area (Å²) in [7, 11) is -3.67. The summed E-state index contributed by atoms with van der Waals surface area (Å²) in [5.74, 6) is 0.123. The quantitative estimate of drug-likeness (QED) is 0.723. The smallest absolute Gasteiger partial charge is 0.261 e. The van der Waals surface area contributed by atoms with Gasteiger partial charge >= 0.3 is 0 Å².